The Hall–Kier alpha value is -1.43. The monoisotopic (exact) mass is 293 g/mol. The molecule has 2 atom stereocenters. The van der Waals surface area contributed by atoms with Crippen LogP contribution in [-0.4, -0.2) is 38.2 Å². The van der Waals surface area contributed by atoms with Crippen LogP contribution in [0.1, 0.15) is 63.6 Å². The number of carboxylic acids is 1. The van der Waals surface area contributed by atoms with Gasteiger partial charge in [-0.2, -0.15) is 4.98 Å². The fourth-order valence-electron chi connectivity index (χ4n) is 3.79. The summed E-state index contributed by atoms with van der Waals surface area (Å²) in [7, 11) is 0. The molecular weight excluding hydrogens is 270 g/mol. The van der Waals surface area contributed by atoms with Crippen LogP contribution in [0.15, 0.2) is 4.52 Å². The lowest BCUT2D eigenvalue weighted by molar-refractivity contribution is -0.138. The molecule has 1 aromatic heterocycles. The van der Waals surface area contributed by atoms with Crippen molar-refractivity contribution in [2.45, 2.75) is 70.5 Å². The van der Waals surface area contributed by atoms with Crippen molar-refractivity contribution in [1.82, 2.24) is 15.0 Å². The molecule has 3 rings (SSSR count). The average Bonchev–Trinajstić information content (AvgIpc) is 2.94. The highest BCUT2D eigenvalue weighted by Gasteiger charge is 2.41. The summed E-state index contributed by atoms with van der Waals surface area (Å²) in [4.78, 5) is 17.8. The molecule has 3 heterocycles. The maximum absolute atomic E-state index is 10.9. The first kappa shape index (κ1) is 14.5. The molecule has 2 aliphatic rings. The number of fused-ring (bicyclic) bond motifs is 2. The van der Waals surface area contributed by atoms with E-state index in [2.05, 4.69) is 15.0 Å². The largest absolute Gasteiger partial charge is 0.481 e. The number of carboxylic acid groups (broad SMARTS) is 1. The minimum Gasteiger partial charge on any atom is -0.481 e. The van der Waals surface area contributed by atoms with E-state index < -0.39 is 5.97 Å². The van der Waals surface area contributed by atoms with Gasteiger partial charge in [-0.25, -0.2) is 0 Å². The molecule has 0 aromatic carbocycles. The zero-order valence-electron chi connectivity index (χ0n) is 12.7. The van der Waals surface area contributed by atoms with Gasteiger partial charge < -0.3 is 9.63 Å². The predicted molar refractivity (Wildman–Crippen MR) is 75.7 cm³/mol. The number of carbonyl (C=O) groups is 1. The van der Waals surface area contributed by atoms with Crippen molar-refractivity contribution in [3.63, 3.8) is 0 Å². The van der Waals surface area contributed by atoms with E-state index in [1.807, 2.05) is 13.8 Å². The van der Waals surface area contributed by atoms with Crippen molar-refractivity contribution < 1.29 is 14.4 Å². The van der Waals surface area contributed by atoms with Crippen molar-refractivity contribution in [1.29, 1.82) is 0 Å². The van der Waals surface area contributed by atoms with Gasteiger partial charge >= 0.3 is 5.97 Å². The Morgan fingerprint density at radius 3 is 2.57 bits per heavy atom. The van der Waals surface area contributed by atoms with Gasteiger partial charge in [-0.15, -0.1) is 0 Å². The number of aromatic nitrogens is 2. The quantitative estimate of drug-likeness (QED) is 0.898. The summed E-state index contributed by atoms with van der Waals surface area (Å²) in [5, 5.41) is 13.0. The highest BCUT2D eigenvalue weighted by atomic mass is 16.5. The molecule has 21 heavy (non-hydrogen) atoms. The molecule has 6 heteroatoms. The van der Waals surface area contributed by atoms with Crippen molar-refractivity contribution in [3.05, 3.63) is 11.7 Å². The van der Waals surface area contributed by atoms with Crippen LogP contribution in [0.3, 0.4) is 0 Å². The van der Waals surface area contributed by atoms with Crippen LogP contribution in [0.2, 0.25) is 0 Å². The van der Waals surface area contributed by atoms with E-state index in [0.29, 0.717) is 30.3 Å². The number of rotatable bonds is 5. The summed E-state index contributed by atoms with van der Waals surface area (Å²) in [6.45, 7) is 4.81. The van der Waals surface area contributed by atoms with Crippen LogP contribution < -0.4 is 0 Å². The van der Waals surface area contributed by atoms with Crippen LogP contribution in [0, 0.1) is 5.92 Å². The van der Waals surface area contributed by atoms with Crippen LogP contribution in [0.25, 0.3) is 0 Å². The molecule has 0 spiro atoms. The molecule has 0 radical (unpaired) electrons. The number of hydrogen-bond acceptors (Lipinski definition) is 5. The summed E-state index contributed by atoms with van der Waals surface area (Å²) in [5.41, 5.74) is 0. The number of nitrogens with zero attached hydrogens (tertiary/aromatic N) is 3. The molecule has 6 nitrogen and oxygen atoms in total. The van der Waals surface area contributed by atoms with Gasteiger partial charge in [-0.05, 0) is 31.6 Å². The number of aliphatic carboxylic acids is 1. The Kier molecular flexibility index (Phi) is 3.97. The smallest absolute Gasteiger partial charge is 0.303 e. The molecule has 0 amide bonds. The summed E-state index contributed by atoms with van der Waals surface area (Å²) in [6.07, 6.45) is 4.60. The molecule has 0 aliphatic carbocycles. The third kappa shape index (κ3) is 3.10. The number of hydrogen-bond donors (Lipinski definition) is 1. The standard InChI is InChI=1S/C15H23N3O3/c1-9(2)15-16-13(17-21-15)8-18-11-3-4-12(18)6-10(5-11)7-14(19)20/h9-12H,3-8H2,1-2H3,(H,19,20). The van der Waals surface area contributed by atoms with E-state index in [1.54, 1.807) is 0 Å². The summed E-state index contributed by atoms with van der Waals surface area (Å²) < 4.78 is 5.27. The molecule has 2 bridgehead atoms. The van der Waals surface area contributed by atoms with E-state index in [1.165, 1.54) is 0 Å². The first-order chi connectivity index (χ1) is 10.0. The van der Waals surface area contributed by atoms with E-state index in [4.69, 9.17) is 9.63 Å². The molecule has 2 unspecified atom stereocenters. The molecule has 116 valence electrons. The Labute approximate surface area is 124 Å². The first-order valence-corrected chi connectivity index (χ1v) is 7.83. The highest BCUT2D eigenvalue weighted by molar-refractivity contribution is 5.67. The Morgan fingerprint density at radius 1 is 1.38 bits per heavy atom. The summed E-state index contributed by atoms with van der Waals surface area (Å²) in [6, 6.07) is 0.961. The second-order valence-electron chi connectivity index (χ2n) is 6.70. The Balaban J connectivity index is 1.63. The molecule has 2 fully saturated rings. The maximum atomic E-state index is 10.9. The highest BCUT2D eigenvalue weighted by Crippen LogP contribution is 2.40. The normalized spacial score (nSPS) is 29.2. The minimum absolute atomic E-state index is 0.254. The zero-order valence-corrected chi connectivity index (χ0v) is 12.7. The van der Waals surface area contributed by atoms with Gasteiger partial charge in [0.05, 0.1) is 6.54 Å². The second kappa shape index (κ2) is 5.75. The van der Waals surface area contributed by atoms with E-state index >= 15 is 0 Å². The molecule has 0 saturated carbocycles. The van der Waals surface area contributed by atoms with Gasteiger partial charge in [-0.3, -0.25) is 9.69 Å². The van der Waals surface area contributed by atoms with Crippen molar-refractivity contribution in [3.8, 4) is 0 Å². The van der Waals surface area contributed by atoms with Crippen molar-refractivity contribution in [2.75, 3.05) is 0 Å². The lowest BCUT2D eigenvalue weighted by Gasteiger charge is -2.37. The fraction of sp³-hybridized carbons (Fsp3) is 0.800. The first-order valence-electron chi connectivity index (χ1n) is 7.83. The van der Waals surface area contributed by atoms with Crippen molar-refractivity contribution >= 4 is 5.97 Å². The Morgan fingerprint density at radius 2 is 2.05 bits per heavy atom. The van der Waals surface area contributed by atoms with E-state index in [-0.39, 0.29) is 5.92 Å². The average molecular weight is 293 g/mol. The van der Waals surface area contributed by atoms with Crippen LogP contribution in [0.5, 0.6) is 0 Å². The van der Waals surface area contributed by atoms with Gasteiger partial charge in [-0.1, -0.05) is 19.0 Å². The topological polar surface area (TPSA) is 79.5 Å². The zero-order chi connectivity index (χ0) is 15.0. The van der Waals surface area contributed by atoms with Gasteiger partial charge in [0.1, 0.15) is 0 Å². The molecule has 1 N–H and O–H groups in total. The fourth-order valence-corrected chi connectivity index (χ4v) is 3.79. The molecule has 2 aliphatic heterocycles. The van der Waals surface area contributed by atoms with Gasteiger partial charge in [0, 0.05) is 24.4 Å². The van der Waals surface area contributed by atoms with Crippen LogP contribution in [-0.2, 0) is 11.3 Å². The van der Waals surface area contributed by atoms with Crippen LogP contribution in [0.4, 0.5) is 0 Å². The van der Waals surface area contributed by atoms with Gasteiger partial charge in [0.2, 0.25) is 5.89 Å². The second-order valence-corrected chi connectivity index (χ2v) is 6.70. The third-order valence-corrected chi connectivity index (χ3v) is 4.75. The lowest BCUT2D eigenvalue weighted by Crippen LogP contribution is -2.42. The lowest BCUT2D eigenvalue weighted by atomic mass is 9.88. The van der Waals surface area contributed by atoms with E-state index in [0.717, 1.165) is 38.1 Å². The molecular formula is C15H23N3O3. The van der Waals surface area contributed by atoms with Gasteiger partial charge in [0.15, 0.2) is 5.82 Å². The predicted octanol–water partition coefficient (Wildman–Crippen LogP) is 2.41. The van der Waals surface area contributed by atoms with Crippen LogP contribution >= 0.6 is 0 Å². The van der Waals surface area contributed by atoms with Gasteiger partial charge in [0.25, 0.3) is 0 Å². The molecule has 2 saturated heterocycles. The van der Waals surface area contributed by atoms with E-state index in [9.17, 15) is 4.79 Å². The minimum atomic E-state index is -0.674. The third-order valence-electron chi connectivity index (χ3n) is 4.75. The van der Waals surface area contributed by atoms with Crippen molar-refractivity contribution in [2.24, 2.45) is 5.92 Å². The molecule has 1 aromatic rings. The summed E-state index contributed by atoms with van der Waals surface area (Å²) >= 11 is 0. The SMILES string of the molecule is CC(C)c1nc(CN2C3CCC2CC(CC(=O)O)C3)no1. The maximum Gasteiger partial charge on any atom is 0.303 e. The Bertz CT molecular complexity index is 500. The summed E-state index contributed by atoms with van der Waals surface area (Å²) in [5.74, 6) is 1.36. The number of piperidine rings is 1.